The van der Waals surface area contributed by atoms with Crippen LogP contribution in [0.3, 0.4) is 0 Å². The van der Waals surface area contributed by atoms with Gasteiger partial charge >= 0.3 is 0 Å². The molecule has 21 heavy (non-hydrogen) atoms. The van der Waals surface area contributed by atoms with Crippen molar-refractivity contribution < 1.29 is 13.2 Å². The van der Waals surface area contributed by atoms with E-state index >= 15 is 0 Å². The van der Waals surface area contributed by atoms with Gasteiger partial charge in [0.1, 0.15) is 0 Å². The molecule has 2 rings (SSSR count). The van der Waals surface area contributed by atoms with E-state index < -0.39 is 10.0 Å². The summed E-state index contributed by atoms with van der Waals surface area (Å²) in [6.45, 7) is 9.75. The summed E-state index contributed by atoms with van der Waals surface area (Å²) in [5.74, 6) is 0. The molecule has 1 aromatic rings. The molecule has 1 saturated heterocycles. The molecule has 4 nitrogen and oxygen atoms in total. The summed E-state index contributed by atoms with van der Waals surface area (Å²) in [5, 5.41) is 0. The Morgan fingerprint density at radius 3 is 2.29 bits per heavy atom. The molecule has 1 fully saturated rings. The largest absolute Gasteiger partial charge is 0.379 e. The van der Waals surface area contributed by atoms with Crippen LogP contribution >= 0.6 is 15.9 Å². The van der Waals surface area contributed by atoms with Crippen LogP contribution in [-0.2, 0) is 20.2 Å². The summed E-state index contributed by atoms with van der Waals surface area (Å²) in [6, 6.07) is 3.71. The lowest BCUT2D eigenvalue weighted by Gasteiger charge is -2.30. The maximum atomic E-state index is 13.0. The number of aryl methyl sites for hydroxylation is 1. The Labute approximate surface area is 135 Å². The predicted molar refractivity (Wildman–Crippen MR) is 87.2 cm³/mol. The minimum absolute atomic E-state index is 0.245. The first-order chi connectivity index (χ1) is 9.64. The molecule has 0 radical (unpaired) electrons. The third-order valence-corrected chi connectivity index (χ3v) is 6.45. The van der Waals surface area contributed by atoms with Crippen molar-refractivity contribution in [3.63, 3.8) is 0 Å². The molecule has 0 N–H and O–H groups in total. The summed E-state index contributed by atoms with van der Waals surface area (Å²) in [5.41, 5.74) is 1.52. The van der Waals surface area contributed by atoms with Crippen LogP contribution in [0.1, 0.15) is 31.9 Å². The summed E-state index contributed by atoms with van der Waals surface area (Å²) in [6.07, 6.45) is 0. The van der Waals surface area contributed by atoms with Gasteiger partial charge in [0.15, 0.2) is 0 Å². The van der Waals surface area contributed by atoms with E-state index in [9.17, 15) is 8.42 Å². The highest BCUT2D eigenvalue weighted by Crippen LogP contribution is 2.34. The maximum absolute atomic E-state index is 13.0. The maximum Gasteiger partial charge on any atom is 0.243 e. The van der Waals surface area contributed by atoms with Crippen LogP contribution < -0.4 is 0 Å². The third kappa shape index (κ3) is 3.50. The van der Waals surface area contributed by atoms with E-state index in [1.54, 1.807) is 6.07 Å². The van der Waals surface area contributed by atoms with E-state index in [4.69, 9.17) is 4.74 Å². The second-order valence-electron chi connectivity index (χ2n) is 6.36. The lowest BCUT2D eigenvalue weighted by atomic mass is 9.86. The highest BCUT2D eigenvalue weighted by Gasteiger charge is 2.32. The summed E-state index contributed by atoms with van der Waals surface area (Å²) in [4.78, 5) is 0.414. The molecule has 0 bridgehead atoms. The summed E-state index contributed by atoms with van der Waals surface area (Å²) >= 11 is 3.51. The zero-order chi connectivity index (χ0) is 15.8. The fourth-order valence-electron chi connectivity index (χ4n) is 2.38. The topological polar surface area (TPSA) is 46.6 Å². The molecule has 1 aliphatic rings. The van der Waals surface area contributed by atoms with Crippen LogP contribution in [0.2, 0.25) is 0 Å². The molecular weight excluding hydrogens is 354 g/mol. The number of morpholine rings is 1. The number of sulfonamides is 1. The second kappa shape index (κ2) is 5.99. The zero-order valence-corrected chi connectivity index (χ0v) is 15.3. The smallest absolute Gasteiger partial charge is 0.243 e. The predicted octanol–water partition coefficient (Wildman–Crippen LogP) is 3.08. The van der Waals surface area contributed by atoms with Gasteiger partial charge in [-0.05, 0) is 35.6 Å². The Kier molecular flexibility index (Phi) is 4.83. The van der Waals surface area contributed by atoms with Crippen LogP contribution in [0.15, 0.2) is 21.5 Å². The fourth-order valence-corrected chi connectivity index (χ4v) is 4.60. The molecule has 0 atom stereocenters. The van der Waals surface area contributed by atoms with Gasteiger partial charge in [-0.3, -0.25) is 0 Å². The van der Waals surface area contributed by atoms with Crippen molar-refractivity contribution >= 4 is 26.0 Å². The van der Waals surface area contributed by atoms with Gasteiger partial charge in [0, 0.05) is 17.6 Å². The number of halogens is 1. The Balaban J connectivity index is 2.58. The van der Waals surface area contributed by atoms with Gasteiger partial charge in [-0.25, -0.2) is 8.42 Å². The van der Waals surface area contributed by atoms with Crippen LogP contribution in [0.5, 0.6) is 0 Å². The normalized spacial score (nSPS) is 18.0. The van der Waals surface area contributed by atoms with Crippen LogP contribution in [0.4, 0.5) is 0 Å². The Morgan fingerprint density at radius 1 is 1.19 bits per heavy atom. The molecule has 118 valence electrons. The monoisotopic (exact) mass is 375 g/mol. The first-order valence-corrected chi connectivity index (χ1v) is 9.26. The van der Waals surface area contributed by atoms with E-state index in [0.29, 0.717) is 31.2 Å². The highest BCUT2D eigenvalue weighted by molar-refractivity contribution is 9.10. The van der Waals surface area contributed by atoms with Crippen molar-refractivity contribution in [2.75, 3.05) is 26.3 Å². The molecule has 0 saturated carbocycles. The van der Waals surface area contributed by atoms with Crippen molar-refractivity contribution in [1.29, 1.82) is 0 Å². The molecular formula is C15H22BrNO3S. The van der Waals surface area contributed by atoms with E-state index in [1.807, 2.05) is 33.8 Å². The van der Waals surface area contributed by atoms with Crippen LogP contribution in [0, 0.1) is 6.92 Å². The summed E-state index contributed by atoms with van der Waals surface area (Å²) in [7, 11) is -3.48. The minimum Gasteiger partial charge on any atom is -0.379 e. The Morgan fingerprint density at radius 2 is 1.76 bits per heavy atom. The third-order valence-electron chi connectivity index (χ3n) is 3.66. The average molecular weight is 376 g/mol. The first-order valence-electron chi connectivity index (χ1n) is 7.02. The van der Waals surface area contributed by atoms with Crippen molar-refractivity contribution in [1.82, 2.24) is 4.31 Å². The number of ether oxygens (including phenoxy) is 1. The second-order valence-corrected chi connectivity index (χ2v) is 9.12. The molecule has 1 aliphatic heterocycles. The average Bonchev–Trinajstić information content (AvgIpc) is 2.41. The molecule has 1 heterocycles. The van der Waals surface area contributed by atoms with Gasteiger partial charge in [-0.15, -0.1) is 0 Å². The molecule has 0 aliphatic carbocycles. The molecule has 0 amide bonds. The van der Waals surface area contributed by atoms with E-state index in [2.05, 4.69) is 15.9 Å². The van der Waals surface area contributed by atoms with Crippen LogP contribution in [-0.4, -0.2) is 39.0 Å². The van der Waals surface area contributed by atoms with Gasteiger partial charge in [-0.1, -0.05) is 36.7 Å². The molecule has 6 heteroatoms. The van der Waals surface area contributed by atoms with Crippen molar-refractivity contribution in [2.45, 2.75) is 38.0 Å². The van der Waals surface area contributed by atoms with E-state index in [-0.39, 0.29) is 5.41 Å². The van der Waals surface area contributed by atoms with Gasteiger partial charge < -0.3 is 4.74 Å². The van der Waals surface area contributed by atoms with Gasteiger partial charge in [0.2, 0.25) is 10.0 Å². The Hall–Kier alpha value is -0.430. The van der Waals surface area contributed by atoms with Gasteiger partial charge in [0.25, 0.3) is 0 Å². The van der Waals surface area contributed by atoms with Crippen LogP contribution in [0.25, 0.3) is 0 Å². The number of hydrogen-bond donors (Lipinski definition) is 0. The molecule has 0 aromatic heterocycles. The van der Waals surface area contributed by atoms with Gasteiger partial charge in [-0.2, -0.15) is 4.31 Å². The number of benzene rings is 1. The Bertz CT molecular complexity index is 629. The quantitative estimate of drug-likeness (QED) is 0.797. The lowest BCUT2D eigenvalue weighted by Crippen LogP contribution is -2.41. The number of rotatable bonds is 2. The minimum atomic E-state index is -3.48. The fraction of sp³-hybridized carbons (Fsp3) is 0.600. The first kappa shape index (κ1) is 16.9. The van der Waals surface area contributed by atoms with Crippen molar-refractivity contribution in [2.24, 2.45) is 0 Å². The standard InChI is InChI=1S/C15H22BrNO3S/c1-11-9-14(12(10-13(11)16)15(2,3)4)21(18,19)17-5-7-20-8-6-17/h9-10H,5-8H2,1-4H3. The lowest BCUT2D eigenvalue weighted by molar-refractivity contribution is 0.0730. The van der Waals surface area contributed by atoms with E-state index in [1.165, 1.54) is 4.31 Å². The number of nitrogens with zero attached hydrogens (tertiary/aromatic N) is 1. The van der Waals surface area contributed by atoms with Crippen molar-refractivity contribution in [3.05, 3.63) is 27.7 Å². The molecule has 1 aromatic carbocycles. The molecule has 0 spiro atoms. The molecule has 0 unspecified atom stereocenters. The van der Waals surface area contributed by atoms with Gasteiger partial charge in [0.05, 0.1) is 18.1 Å². The highest BCUT2D eigenvalue weighted by atomic mass is 79.9. The van der Waals surface area contributed by atoms with E-state index in [0.717, 1.165) is 15.6 Å². The number of hydrogen-bond acceptors (Lipinski definition) is 3. The zero-order valence-electron chi connectivity index (χ0n) is 12.9. The summed E-state index contributed by atoms with van der Waals surface area (Å²) < 4.78 is 33.7. The SMILES string of the molecule is Cc1cc(S(=O)(=O)N2CCOCC2)c(C(C)(C)C)cc1Br. The van der Waals surface area contributed by atoms with Crippen molar-refractivity contribution in [3.8, 4) is 0 Å².